The number of unbranched alkanes of at least 4 members (excludes halogenated alkanes) is 1. The molecule has 6 nitrogen and oxygen atoms in total. The van der Waals surface area contributed by atoms with Crippen molar-refractivity contribution >= 4 is 38.9 Å². The molecule has 0 bridgehead atoms. The first-order chi connectivity index (χ1) is 11.9. The second-order valence-corrected chi connectivity index (χ2v) is 7.96. The summed E-state index contributed by atoms with van der Waals surface area (Å²) in [6.45, 7) is 1.92. The molecule has 1 amide bonds. The molecule has 0 radical (unpaired) electrons. The first-order valence-corrected chi connectivity index (χ1v) is 9.84. The topological polar surface area (TPSA) is 84.5 Å². The van der Waals surface area contributed by atoms with Crippen LogP contribution < -0.4 is 14.8 Å². The molecule has 2 aromatic carbocycles. The molecular formula is C17H17ClN2O4S. The van der Waals surface area contributed by atoms with E-state index < -0.39 is 15.9 Å². The summed E-state index contributed by atoms with van der Waals surface area (Å²) >= 11 is 5.94. The molecule has 1 aliphatic heterocycles. The third-order valence-electron chi connectivity index (χ3n) is 3.67. The van der Waals surface area contributed by atoms with E-state index in [1.807, 2.05) is 6.92 Å². The standard InChI is InChI=1S/C17H17ClN2O4S/c1-2-3-8-25(22,23)20-12-5-7-15-13(10-12)17(21)19-14-9-11(18)4-6-16(14)24-15/h4-7,9-10,20H,2-3,8H2,1H3,(H,19,21). The Morgan fingerprint density at radius 1 is 1.16 bits per heavy atom. The largest absolute Gasteiger partial charge is 0.454 e. The average Bonchev–Trinajstić information content (AvgIpc) is 2.69. The van der Waals surface area contributed by atoms with Crippen molar-refractivity contribution in [2.24, 2.45) is 0 Å². The summed E-state index contributed by atoms with van der Waals surface area (Å²) in [6, 6.07) is 9.51. The number of amides is 1. The third kappa shape index (κ3) is 4.05. The van der Waals surface area contributed by atoms with Gasteiger partial charge in [0.2, 0.25) is 10.0 Å². The van der Waals surface area contributed by atoms with Crippen LogP contribution >= 0.6 is 11.6 Å². The Labute approximate surface area is 151 Å². The summed E-state index contributed by atoms with van der Waals surface area (Å²) in [4.78, 5) is 12.5. The zero-order chi connectivity index (χ0) is 18.0. The number of anilines is 2. The predicted molar refractivity (Wildman–Crippen MR) is 98.2 cm³/mol. The molecule has 0 unspecified atom stereocenters. The summed E-state index contributed by atoms with van der Waals surface area (Å²) in [5.41, 5.74) is 1.01. The van der Waals surface area contributed by atoms with Crippen LogP contribution in [-0.2, 0) is 10.0 Å². The highest BCUT2D eigenvalue weighted by Crippen LogP contribution is 2.38. The van der Waals surface area contributed by atoms with Crippen LogP contribution in [0.1, 0.15) is 30.1 Å². The minimum absolute atomic E-state index is 0.0349. The maximum atomic E-state index is 12.5. The van der Waals surface area contributed by atoms with Gasteiger partial charge in [-0.3, -0.25) is 9.52 Å². The highest BCUT2D eigenvalue weighted by molar-refractivity contribution is 7.92. The summed E-state index contributed by atoms with van der Waals surface area (Å²) in [5.74, 6) is 0.446. The summed E-state index contributed by atoms with van der Waals surface area (Å²) in [5, 5.41) is 3.19. The quantitative estimate of drug-likeness (QED) is 0.812. The third-order valence-corrected chi connectivity index (χ3v) is 5.28. The van der Waals surface area contributed by atoms with Crippen LogP contribution in [0.15, 0.2) is 36.4 Å². The summed E-state index contributed by atoms with van der Waals surface area (Å²) < 4.78 is 32.3. The minimum Gasteiger partial charge on any atom is -0.454 e. The molecule has 0 atom stereocenters. The van der Waals surface area contributed by atoms with Gasteiger partial charge in [0.1, 0.15) is 5.75 Å². The molecule has 0 fully saturated rings. The average molecular weight is 381 g/mol. The van der Waals surface area contributed by atoms with Gasteiger partial charge in [0, 0.05) is 10.7 Å². The molecule has 3 rings (SSSR count). The Hall–Kier alpha value is -2.25. The first-order valence-electron chi connectivity index (χ1n) is 7.81. The van der Waals surface area contributed by atoms with Gasteiger partial charge in [0.25, 0.3) is 5.91 Å². The van der Waals surface area contributed by atoms with E-state index in [9.17, 15) is 13.2 Å². The fourth-order valence-electron chi connectivity index (χ4n) is 2.42. The number of fused-ring (bicyclic) bond motifs is 2. The Kier molecular flexibility index (Phi) is 4.87. The van der Waals surface area contributed by atoms with Crippen molar-refractivity contribution in [3.8, 4) is 11.5 Å². The fourth-order valence-corrected chi connectivity index (χ4v) is 3.85. The molecule has 1 aliphatic rings. The van der Waals surface area contributed by atoms with Crippen LogP contribution in [0.3, 0.4) is 0 Å². The van der Waals surface area contributed by atoms with Gasteiger partial charge in [-0.05, 0) is 42.8 Å². The highest BCUT2D eigenvalue weighted by Gasteiger charge is 2.22. The molecule has 0 spiro atoms. The molecule has 1 heterocycles. The molecule has 132 valence electrons. The van der Waals surface area contributed by atoms with E-state index in [-0.39, 0.29) is 11.3 Å². The molecule has 2 aromatic rings. The molecule has 0 aromatic heterocycles. The lowest BCUT2D eigenvalue weighted by Crippen LogP contribution is -2.17. The number of halogens is 1. The fraction of sp³-hybridized carbons (Fsp3) is 0.235. The zero-order valence-corrected chi connectivity index (χ0v) is 15.1. The highest BCUT2D eigenvalue weighted by atomic mass is 35.5. The number of carbonyl (C=O) groups excluding carboxylic acids is 1. The molecule has 8 heteroatoms. The van der Waals surface area contributed by atoms with E-state index in [1.165, 1.54) is 6.07 Å². The molecular weight excluding hydrogens is 364 g/mol. The Morgan fingerprint density at radius 3 is 2.68 bits per heavy atom. The van der Waals surface area contributed by atoms with Crippen LogP contribution in [0.5, 0.6) is 11.5 Å². The van der Waals surface area contributed by atoms with Crippen molar-refractivity contribution < 1.29 is 17.9 Å². The predicted octanol–water partition coefficient (Wildman–Crippen LogP) is 4.24. The second-order valence-electron chi connectivity index (χ2n) is 5.68. The van der Waals surface area contributed by atoms with Crippen molar-refractivity contribution in [2.45, 2.75) is 19.8 Å². The summed E-state index contributed by atoms with van der Waals surface area (Å²) in [6.07, 6.45) is 1.35. The van der Waals surface area contributed by atoms with Crippen molar-refractivity contribution in [2.75, 3.05) is 15.8 Å². The molecule has 25 heavy (non-hydrogen) atoms. The van der Waals surface area contributed by atoms with Crippen molar-refractivity contribution in [3.05, 3.63) is 47.0 Å². The number of carbonyl (C=O) groups is 1. The van der Waals surface area contributed by atoms with Crippen molar-refractivity contribution in [3.63, 3.8) is 0 Å². The maximum Gasteiger partial charge on any atom is 0.259 e. The Balaban J connectivity index is 1.90. The molecule has 0 saturated carbocycles. The Bertz CT molecular complexity index is 928. The minimum atomic E-state index is -3.45. The lowest BCUT2D eigenvalue weighted by atomic mass is 10.1. The number of nitrogens with one attached hydrogen (secondary N) is 2. The zero-order valence-electron chi connectivity index (χ0n) is 13.5. The second kappa shape index (κ2) is 6.93. The van der Waals surface area contributed by atoms with Crippen LogP contribution in [0, 0.1) is 0 Å². The van der Waals surface area contributed by atoms with Crippen LogP contribution in [0.4, 0.5) is 11.4 Å². The van der Waals surface area contributed by atoms with Crippen LogP contribution in [0.25, 0.3) is 0 Å². The van der Waals surface area contributed by atoms with Gasteiger partial charge in [0.05, 0.1) is 17.0 Å². The van der Waals surface area contributed by atoms with Crippen LogP contribution in [-0.4, -0.2) is 20.1 Å². The maximum absolute atomic E-state index is 12.5. The lowest BCUT2D eigenvalue weighted by molar-refractivity contribution is 0.102. The van der Waals surface area contributed by atoms with Gasteiger partial charge in [-0.15, -0.1) is 0 Å². The molecule has 0 saturated heterocycles. The van der Waals surface area contributed by atoms with Crippen molar-refractivity contribution in [1.82, 2.24) is 0 Å². The van der Waals surface area contributed by atoms with Gasteiger partial charge in [0.15, 0.2) is 5.75 Å². The van der Waals surface area contributed by atoms with E-state index in [1.54, 1.807) is 30.3 Å². The SMILES string of the molecule is CCCCS(=O)(=O)Nc1ccc2c(c1)C(=O)Nc1cc(Cl)ccc1O2. The number of hydrogen-bond acceptors (Lipinski definition) is 4. The van der Waals surface area contributed by atoms with E-state index in [0.717, 1.165) is 6.42 Å². The van der Waals surface area contributed by atoms with Gasteiger partial charge >= 0.3 is 0 Å². The first kappa shape index (κ1) is 17.6. The van der Waals surface area contributed by atoms with E-state index in [0.29, 0.717) is 34.3 Å². The van der Waals surface area contributed by atoms with Gasteiger partial charge in [-0.2, -0.15) is 0 Å². The number of rotatable bonds is 5. The number of hydrogen-bond donors (Lipinski definition) is 2. The number of benzene rings is 2. The lowest BCUT2D eigenvalue weighted by Gasteiger charge is -2.11. The van der Waals surface area contributed by atoms with E-state index >= 15 is 0 Å². The van der Waals surface area contributed by atoms with Crippen molar-refractivity contribution in [1.29, 1.82) is 0 Å². The molecule has 2 N–H and O–H groups in total. The number of sulfonamides is 1. The monoisotopic (exact) mass is 380 g/mol. The Morgan fingerprint density at radius 2 is 1.92 bits per heavy atom. The van der Waals surface area contributed by atoms with Gasteiger partial charge < -0.3 is 10.1 Å². The van der Waals surface area contributed by atoms with E-state index in [2.05, 4.69) is 10.0 Å². The normalized spacial score (nSPS) is 13.1. The summed E-state index contributed by atoms with van der Waals surface area (Å²) in [7, 11) is -3.45. The van der Waals surface area contributed by atoms with Gasteiger partial charge in [-0.25, -0.2) is 8.42 Å². The van der Waals surface area contributed by atoms with E-state index in [4.69, 9.17) is 16.3 Å². The smallest absolute Gasteiger partial charge is 0.259 e. The van der Waals surface area contributed by atoms with Gasteiger partial charge in [-0.1, -0.05) is 24.9 Å². The molecule has 0 aliphatic carbocycles. The number of ether oxygens (including phenoxy) is 1. The van der Waals surface area contributed by atoms with Crippen LogP contribution in [0.2, 0.25) is 5.02 Å².